The van der Waals surface area contributed by atoms with Crippen molar-refractivity contribution in [1.29, 1.82) is 5.26 Å². The van der Waals surface area contributed by atoms with Crippen LogP contribution in [0.5, 0.6) is 5.75 Å². The highest BCUT2D eigenvalue weighted by Crippen LogP contribution is 2.32. The second-order valence-corrected chi connectivity index (χ2v) is 10.8. The number of rotatable bonds is 9. The third-order valence-corrected chi connectivity index (χ3v) is 7.48. The minimum absolute atomic E-state index is 0.0159. The number of halogens is 2. The molecule has 0 unspecified atom stereocenters. The molecule has 0 saturated carbocycles. The van der Waals surface area contributed by atoms with E-state index in [-0.39, 0.29) is 17.2 Å². The summed E-state index contributed by atoms with van der Waals surface area (Å²) in [4.78, 5) is 28.5. The molecule has 0 spiro atoms. The fourth-order valence-electron chi connectivity index (χ4n) is 5.05. The number of fused-ring (bicyclic) bond motifs is 1. The second kappa shape index (κ2) is 12.7. The molecular formula is C31H34F2N8O2. The van der Waals surface area contributed by atoms with Crippen molar-refractivity contribution in [2.75, 3.05) is 58.7 Å². The Morgan fingerprint density at radius 2 is 1.91 bits per heavy atom. The number of hydrogen-bond acceptors (Lipinski definition) is 8. The van der Waals surface area contributed by atoms with Crippen molar-refractivity contribution >= 4 is 23.1 Å². The number of amides is 1. The van der Waals surface area contributed by atoms with Crippen LogP contribution in [-0.4, -0.2) is 94.4 Å². The fraction of sp³-hybridized carbons (Fsp3) is 0.355. The number of imidazole rings is 1. The lowest BCUT2D eigenvalue weighted by Crippen LogP contribution is -2.50. The summed E-state index contributed by atoms with van der Waals surface area (Å²) >= 11 is 0. The number of aryl methyl sites for hydroxylation is 1. The number of nitrogens with one attached hydrogen (secondary N) is 1. The van der Waals surface area contributed by atoms with Crippen LogP contribution >= 0.6 is 0 Å². The molecule has 2 aromatic carbocycles. The highest BCUT2D eigenvalue weighted by Gasteiger charge is 2.24. The summed E-state index contributed by atoms with van der Waals surface area (Å²) in [5.41, 5.74) is 2.88. The summed E-state index contributed by atoms with van der Waals surface area (Å²) in [5, 5.41) is 12.2. The van der Waals surface area contributed by atoms with Gasteiger partial charge in [-0.15, -0.1) is 0 Å². The van der Waals surface area contributed by atoms with Crippen molar-refractivity contribution in [2.45, 2.75) is 20.0 Å². The normalized spacial score (nSPS) is 14.6. The number of aromatic nitrogens is 3. The van der Waals surface area contributed by atoms with Crippen LogP contribution in [0.2, 0.25) is 0 Å². The van der Waals surface area contributed by atoms with Crippen LogP contribution in [0.1, 0.15) is 22.8 Å². The zero-order chi connectivity index (χ0) is 30.7. The Kier molecular flexibility index (Phi) is 8.84. The van der Waals surface area contributed by atoms with Crippen LogP contribution in [-0.2, 0) is 0 Å². The molecular weight excluding hydrogens is 554 g/mol. The van der Waals surface area contributed by atoms with Crippen molar-refractivity contribution in [1.82, 2.24) is 29.1 Å². The van der Waals surface area contributed by atoms with Gasteiger partial charge >= 0.3 is 0 Å². The van der Waals surface area contributed by atoms with Gasteiger partial charge in [0.1, 0.15) is 6.07 Å². The molecule has 43 heavy (non-hydrogen) atoms. The van der Waals surface area contributed by atoms with Gasteiger partial charge in [-0.3, -0.25) is 14.1 Å². The van der Waals surface area contributed by atoms with Gasteiger partial charge in [-0.05, 0) is 63.8 Å². The molecule has 1 fully saturated rings. The predicted molar refractivity (Wildman–Crippen MR) is 159 cm³/mol. The average Bonchev–Trinajstić information content (AvgIpc) is 3.43. The Bertz CT molecular complexity index is 1670. The van der Waals surface area contributed by atoms with E-state index < -0.39 is 17.7 Å². The largest absolute Gasteiger partial charge is 0.473 e. The van der Waals surface area contributed by atoms with Gasteiger partial charge in [0.25, 0.3) is 5.91 Å². The van der Waals surface area contributed by atoms with Gasteiger partial charge in [-0.2, -0.15) is 9.65 Å². The van der Waals surface area contributed by atoms with Crippen molar-refractivity contribution in [3.63, 3.8) is 0 Å². The van der Waals surface area contributed by atoms with Gasteiger partial charge in [0, 0.05) is 68.5 Å². The quantitative estimate of drug-likeness (QED) is 0.308. The molecule has 3 heterocycles. The Labute approximate surface area is 249 Å². The molecule has 1 saturated heterocycles. The first kappa shape index (κ1) is 29.9. The van der Waals surface area contributed by atoms with E-state index in [1.807, 2.05) is 36.1 Å². The van der Waals surface area contributed by atoms with Crippen LogP contribution in [0.25, 0.3) is 16.9 Å². The summed E-state index contributed by atoms with van der Waals surface area (Å²) in [6, 6.07) is 10.0. The Morgan fingerprint density at radius 3 is 2.60 bits per heavy atom. The monoisotopic (exact) mass is 588 g/mol. The van der Waals surface area contributed by atoms with E-state index in [9.17, 15) is 9.18 Å². The zero-order valence-corrected chi connectivity index (χ0v) is 24.6. The fourth-order valence-corrected chi connectivity index (χ4v) is 5.05. The summed E-state index contributed by atoms with van der Waals surface area (Å²) in [5.74, 6) is -2.21. The van der Waals surface area contributed by atoms with Crippen molar-refractivity contribution in [2.24, 2.45) is 0 Å². The SMILES string of the molecule is Cc1cc(Nc2nccn3c(-c4ccc(O[C@@H](C)C#N)c(F)c4F)cnc23)ccc1C(=O)N1CCN(CCN(C)C)CC1. The molecule has 10 nitrogen and oxygen atoms in total. The van der Waals surface area contributed by atoms with Crippen LogP contribution in [0.4, 0.5) is 20.3 Å². The highest BCUT2D eigenvalue weighted by atomic mass is 19.2. The molecule has 1 aliphatic rings. The molecule has 0 radical (unpaired) electrons. The molecule has 224 valence electrons. The number of benzene rings is 2. The lowest BCUT2D eigenvalue weighted by atomic mass is 10.1. The van der Waals surface area contributed by atoms with Gasteiger partial charge in [0.2, 0.25) is 5.82 Å². The van der Waals surface area contributed by atoms with Gasteiger partial charge in [0.05, 0.1) is 11.9 Å². The van der Waals surface area contributed by atoms with Crippen LogP contribution in [0.15, 0.2) is 48.9 Å². The molecule has 2 aromatic heterocycles. The number of ether oxygens (including phenoxy) is 1. The number of nitriles is 1. The number of likely N-dealkylation sites (N-methyl/N-ethyl adjacent to an activating group) is 1. The van der Waals surface area contributed by atoms with E-state index in [4.69, 9.17) is 10.00 Å². The lowest BCUT2D eigenvalue weighted by molar-refractivity contribution is 0.0629. The van der Waals surface area contributed by atoms with Gasteiger partial charge < -0.3 is 19.9 Å². The molecule has 12 heteroatoms. The summed E-state index contributed by atoms with van der Waals surface area (Å²) < 4.78 is 36.6. The predicted octanol–water partition coefficient (Wildman–Crippen LogP) is 4.34. The lowest BCUT2D eigenvalue weighted by Gasteiger charge is -2.35. The molecule has 5 rings (SSSR count). The Hall–Kier alpha value is -4.60. The topological polar surface area (TPSA) is 102 Å². The highest BCUT2D eigenvalue weighted by molar-refractivity contribution is 5.96. The van der Waals surface area contributed by atoms with Gasteiger partial charge in [-0.1, -0.05) is 0 Å². The number of anilines is 2. The minimum Gasteiger partial charge on any atom is -0.473 e. The van der Waals surface area contributed by atoms with Crippen LogP contribution < -0.4 is 10.1 Å². The van der Waals surface area contributed by atoms with Crippen LogP contribution in [0, 0.1) is 29.9 Å². The van der Waals surface area contributed by atoms with E-state index in [1.165, 1.54) is 31.5 Å². The smallest absolute Gasteiger partial charge is 0.254 e. The molecule has 4 aromatic rings. The first-order valence-corrected chi connectivity index (χ1v) is 14.1. The molecule has 0 bridgehead atoms. The summed E-state index contributed by atoms with van der Waals surface area (Å²) in [6.45, 7) is 8.42. The maximum absolute atomic E-state index is 15.1. The Balaban J connectivity index is 1.32. The number of piperazine rings is 1. The van der Waals surface area contributed by atoms with Crippen molar-refractivity contribution in [3.8, 4) is 23.1 Å². The Morgan fingerprint density at radius 1 is 1.14 bits per heavy atom. The van der Waals surface area contributed by atoms with Gasteiger partial charge in [0.15, 0.2) is 29.1 Å². The second-order valence-electron chi connectivity index (χ2n) is 10.8. The van der Waals surface area contributed by atoms with Crippen LogP contribution in [0.3, 0.4) is 0 Å². The minimum atomic E-state index is -1.18. The number of carbonyl (C=O) groups excluding carboxylic acids is 1. The summed E-state index contributed by atoms with van der Waals surface area (Å²) in [7, 11) is 4.12. The first-order valence-electron chi connectivity index (χ1n) is 14.1. The molecule has 1 aliphatic heterocycles. The number of carbonyl (C=O) groups is 1. The number of hydrogen-bond donors (Lipinski definition) is 1. The third kappa shape index (κ3) is 6.43. The van der Waals surface area contributed by atoms with E-state index in [0.29, 0.717) is 41.5 Å². The maximum atomic E-state index is 15.1. The maximum Gasteiger partial charge on any atom is 0.254 e. The molecule has 1 N–H and O–H groups in total. The van der Waals surface area contributed by atoms with E-state index in [0.717, 1.165) is 31.7 Å². The standard InChI is InChI=1S/C31H34F2N8O2/c1-20-17-22(5-6-23(20)31(42)40-15-13-39(14-16-40)12-11-38(3)4)37-29-30-36-19-25(41(30)10-9-35-29)24-7-8-26(28(33)27(24)32)43-21(2)18-34/h5-10,17,19,21H,11-16H2,1-4H3,(H,35,37)/t21-/m0/s1. The molecule has 1 atom stereocenters. The summed E-state index contributed by atoms with van der Waals surface area (Å²) in [6.07, 6.45) is 3.64. The van der Waals surface area contributed by atoms with Crippen molar-refractivity contribution in [3.05, 3.63) is 71.7 Å². The molecule has 1 amide bonds. The molecule has 0 aliphatic carbocycles. The van der Waals surface area contributed by atoms with Crippen molar-refractivity contribution < 1.29 is 18.3 Å². The van der Waals surface area contributed by atoms with E-state index >= 15 is 4.39 Å². The van der Waals surface area contributed by atoms with E-state index in [1.54, 1.807) is 10.6 Å². The zero-order valence-electron chi connectivity index (χ0n) is 24.6. The van der Waals surface area contributed by atoms with Gasteiger partial charge in [-0.25, -0.2) is 14.4 Å². The average molecular weight is 589 g/mol. The first-order chi connectivity index (χ1) is 20.7. The van der Waals surface area contributed by atoms with E-state index in [2.05, 4.69) is 39.2 Å². The third-order valence-electron chi connectivity index (χ3n) is 7.48. The number of nitrogens with zero attached hydrogens (tertiary/aromatic N) is 7.